The standard InChI is InChI=1S/C23H18ClN7O4/c24-17-3-1-2-4-19(17)27-23(35)26-18-10-9-15(11-16(18)21-28-30-31-29-21)13-5-7-14(8-6-13)22(34)25-12-20(32)33/h1-11H,12H2,(H,25,34)(H,32,33)(H2,26,27,35)(H,28,29,30,31). The Morgan fingerprint density at radius 2 is 1.63 bits per heavy atom. The number of halogens is 1. The number of anilines is 2. The topological polar surface area (TPSA) is 162 Å². The van der Waals surface area contributed by atoms with E-state index in [1.54, 1.807) is 66.7 Å². The van der Waals surface area contributed by atoms with Crippen LogP contribution in [-0.2, 0) is 4.79 Å². The Bertz CT molecular complexity index is 1380. The van der Waals surface area contributed by atoms with Crippen molar-refractivity contribution in [1.29, 1.82) is 0 Å². The quantitative estimate of drug-likeness (QED) is 0.263. The summed E-state index contributed by atoms with van der Waals surface area (Å²) in [6.07, 6.45) is 0. The predicted octanol–water partition coefficient (Wildman–Crippen LogP) is 3.65. The van der Waals surface area contributed by atoms with Gasteiger partial charge in [0.25, 0.3) is 5.91 Å². The predicted molar refractivity (Wildman–Crippen MR) is 129 cm³/mol. The van der Waals surface area contributed by atoms with Gasteiger partial charge in [-0.15, -0.1) is 10.2 Å². The van der Waals surface area contributed by atoms with E-state index < -0.39 is 24.5 Å². The molecule has 0 unspecified atom stereocenters. The fourth-order valence-electron chi connectivity index (χ4n) is 3.20. The van der Waals surface area contributed by atoms with Gasteiger partial charge in [0.1, 0.15) is 6.54 Å². The number of para-hydroxylation sites is 1. The van der Waals surface area contributed by atoms with Crippen LogP contribution in [0.2, 0.25) is 5.02 Å². The minimum Gasteiger partial charge on any atom is -0.480 e. The smallest absolute Gasteiger partial charge is 0.323 e. The number of tetrazole rings is 1. The number of carbonyl (C=O) groups is 3. The maximum absolute atomic E-state index is 12.6. The first-order chi connectivity index (χ1) is 16.9. The highest BCUT2D eigenvalue weighted by Crippen LogP contribution is 2.31. The van der Waals surface area contributed by atoms with Crippen molar-refractivity contribution < 1.29 is 19.5 Å². The van der Waals surface area contributed by atoms with Crippen LogP contribution in [0.4, 0.5) is 16.2 Å². The number of aliphatic carboxylic acids is 1. The lowest BCUT2D eigenvalue weighted by Crippen LogP contribution is -2.29. The lowest BCUT2D eigenvalue weighted by atomic mass is 10.00. The van der Waals surface area contributed by atoms with Crippen LogP contribution in [-0.4, -0.2) is 50.2 Å². The van der Waals surface area contributed by atoms with Crippen molar-refractivity contribution in [3.8, 4) is 22.5 Å². The summed E-state index contributed by atoms with van der Waals surface area (Å²) in [4.78, 5) is 35.3. The van der Waals surface area contributed by atoms with Gasteiger partial charge in [-0.3, -0.25) is 9.59 Å². The third-order valence-electron chi connectivity index (χ3n) is 4.86. The number of rotatable bonds is 7. The van der Waals surface area contributed by atoms with Gasteiger partial charge in [-0.1, -0.05) is 41.9 Å². The van der Waals surface area contributed by atoms with Gasteiger partial charge in [0, 0.05) is 11.1 Å². The fourth-order valence-corrected chi connectivity index (χ4v) is 3.39. The van der Waals surface area contributed by atoms with Crippen molar-refractivity contribution in [2.24, 2.45) is 0 Å². The maximum Gasteiger partial charge on any atom is 0.323 e. The Hall–Kier alpha value is -4.77. The first-order valence-electron chi connectivity index (χ1n) is 10.2. The van der Waals surface area contributed by atoms with E-state index in [1.165, 1.54) is 0 Å². The molecule has 0 aliphatic rings. The maximum atomic E-state index is 12.6. The molecule has 0 fully saturated rings. The van der Waals surface area contributed by atoms with Crippen LogP contribution in [0.3, 0.4) is 0 Å². The van der Waals surface area contributed by atoms with Gasteiger partial charge in [-0.2, -0.15) is 5.21 Å². The van der Waals surface area contributed by atoms with E-state index in [-0.39, 0.29) is 5.82 Å². The average molecular weight is 492 g/mol. The van der Waals surface area contributed by atoms with Crippen molar-refractivity contribution in [2.45, 2.75) is 0 Å². The van der Waals surface area contributed by atoms with E-state index >= 15 is 0 Å². The summed E-state index contributed by atoms with van der Waals surface area (Å²) in [6, 6.07) is 18.2. The van der Waals surface area contributed by atoms with Gasteiger partial charge in [-0.25, -0.2) is 4.79 Å². The van der Waals surface area contributed by atoms with E-state index in [4.69, 9.17) is 16.7 Å². The van der Waals surface area contributed by atoms with Crippen LogP contribution in [0, 0.1) is 0 Å². The second-order valence-electron chi connectivity index (χ2n) is 7.21. The molecule has 176 valence electrons. The Balaban J connectivity index is 1.57. The number of urea groups is 1. The summed E-state index contributed by atoms with van der Waals surface area (Å²) in [6.45, 7) is -0.465. The minimum absolute atomic E-state index is 0.268. The number of nitrogens with zero attached hydrogens (tertiary/aromatic N) is 3. The summed E-state index contributed by atoms with van der Waals surface area (Å²) in [5, 5.41) is 30.9. The highest BCUT2D eigenvalue weighted by Gasteiger charge is 2.15. The zero-order valence-electron chi connectivity index (χ0n) is 17.9. The van der Waals surface area contributed by atoms with Crippen LogP contribution >= 0.6 is 11.6 Å². The number of carbonyl (C=O) groups excluding carboxylic acids is 2. The lowest BCUT2D eigenvalue weighted by Gasteiger charge is -2.13. The van der Waals surface area contributed by atoms with Crippen LogP contribution < -0.4 is 16.0 Å². The summed E-state index contributed by atoms with van der Waals surface area (Å²) in [5.74, 6) is -1.35. The molecule has 11 nitrogen and oxygen atoms in total. The summed E-state index contributed by atoms with van der Waals surface area (Å²) in [5.41, 5.74) is 3.26. The first-order valence-corrected chi connectivity index (χ1v) is 10.6. The molecule has 0 saturated heterocycles. The number of hydrogen-bond acceptors (Lipinski definition) is 6. The molecule has 4 aromatic rings. The van der Waals surface area contributed by atoms with Crippen molar-refractivity contribution in [2.75, 3.05) is 17.2 Å². The normalized spacial score (nSPS) is 10.4. The van der Waals surface area contributed by atoms with Gasteiger partial charge >= 0.3 is 12.0 Å². The molecule has 3 amide bonds. The third-order valence-corrected chi connectivity index (χ3v) is 5.19. The minimum atomic E-state index is -1.13. The van der Waals surface area contributed by atoms with E-state index in [0.717, 1.165) is 11.1 Å². The Morgan fingerprint density at radius 3 is 2.31 bits per heavy atom. The van der Waals surface area contributed by atoms with Crippen LogP contribution in [0.25, 0.3) is 22.5 Å². The second kappa shape index (κ2) is 10.4. The molecule has 4 rings (SSSR count). The molecule has 5 N–H and O–H groups in total. The molecule has 0 radical (unpaired) electrons. The number of amides is 3. The van der Waals surface area contributed by atoms with Gasteiger partial charge in [0.05, 0.1) is 16.4 Å². The number of nitrogens with one attached hydrogen (secondary N) is 4. The molecule has 0 aliphatic heterocycles. The van der Waals surface area contributed by atoms with Crippen LogP contribution in [0.1, 0.15) is 10.4 Å². The Morgan fingerprint density at radius 1 is 0.914 bits per heavy atom. The number of carboxylic acids is 1. The van der Waals surface area contributed by atoms with Crippen molar-refractivity contribution in [3.63, 3.8) is 0 Å². The first kappa shape index (κ1) is 23.4. The van der Waals surface area contributed by atoms with Gasteiger partial charge in [0.15, 0.2) is 0 Å². The van der Waals surface area contributed by atoms with Gasteiger partial charge < -0.3 is 21.1 Å². The molecule has 0 atom stereocenters. The largest absolute Gasteiger partial charge is 0.480 e. The molecular formula is C23H18ClN7O4. The highest BCUT2D eigenvalue weighted by molar-refractivity contribution is 6.33. The second-order valence-corrected chi connectivity index (χ2v) is 7.62. The van der Waals surface area contributed by atoms with E-state index in [0.29, 0.717) is 27.5 Å². The van der Waals surface area contributed by atoms with Crippen molar-refractivity contribution in [1.82, 2.24) is 25.9 Å². The summed E-state index contributed by atoms with van der Waals surface area (Å²) < 4.78 is 0. The summed E-state index contributed by atoms with van der Waals surface area (Å²) >= 11 is 6.11. The molecule has 0 bridgehead atoms. The SMILES string of the molecule is O=C(O)CNC(=O)c1ccc(-c2ccc(NC(=O)Nc3ccccc3Cl)c(-c3nn[nH]n3)c2)cc1. The molecule has 0 saturated carbocycles. The number of hydrogen-bond donors (Lipinski definition) is 5. The molecule has 35 heavy (non-hydrogen) atoms. The van der Waals surface area contributed by atoms with E-state index in [2.05, 4.69) is 36.6 Å². The molecular weight excluding hydrogens is 474 g/mol. The third kappa shape index (κ3) is 5.78. The van der Waals surface area contributed by atoms with E-state index in [9.17, 15) is 14.4 Å². The van der Waals surface area contributed by atoms with Gasteiger partial charge in [0.2, 0.25) is 5.82 Å². The van der Waals surface area contributed by atoms with Crippen molar-refractivity contribution in [3.05, 3.63) is 77.3 Å². The van der Waals surface area contributed by atoms with Gasteiger partial charge in [-0.05, 0) is 52.7 Å². The van der Waals surface area contributed by atoms with Crippen LogP contribution in [0.5, 0.6) is 0 Å². The Kier molecular flexibility index (Phi) is 6.98. The number of aromatic amines is 1. The summed E-state index contributed by atoms with van der Waals surface area (Å²) in [7, 11) is 0. The number of H-pyrrole nitrogens is 1. The zero-order chi connectivity index (χ0) is 24.8. The number of benzene rings is 3. The van der Waals surface area contributed by atoms with E-state index in [1.807, 2.05) is 0 Å². The average Bonchev–Trinajstić information content (AvgIpc) is 3.39. The molecule has 1 heterocycles. The molecule has 0 spiro atoms. The zero-order valence-corrected chi connectivity index (χ0v) is 18.7. The molecule has 0 aliphatic carbocycles. The van der Waals surface area contributed by atoms with Crippen molar-refractivity contribution >= 4 is 40.9 Å². The fraction of sp³-hybridized carbons (Fsp3) is 0.0435. The number of carboxylic acid groups (broad SMARTS) is 1. The van der Waals surface area contributed by atoms with Crippen LogP contribution in [0.15, 0.2) is 66.7 Å². The molecule has 1 aromatic heterocycles. The Labute approximate surface area is 203 Å². The molecule has 12 heteroatoms. The highest BCUT2D eigenvalue weighted by atomic mass is 35.5. The monoisotopic (exact) mass is 491 g/mol. The number of aromatic nitrogens is 4. The lowest BCUT2D eigenvalue weighted by molar-refractivity contribution is -0.135. The molecule has 3 aromatic carbocycles.